The highest BCUT2D eigenvalue weighted by atomic mass is 32.2. The van der Waals surface area contributed by atoms with Gasteiger partial charge in [-0.25, -0.2) is 0 Å². The van der Waals surface area contributed by atoms with Crippen LogP contribution < -0.4 is 11.1 Å². The van der Waals surface area contributed by atoms with E-state index in [2.05, 4.69) is 10.5 Å². The number of carbonyl (C=O) groups is 2. The van der Waals surface area contributed by atoms with Gasteiger partial charge in [0.25, 0.3) is 0 Å². The molecular formula is C8H15N3O4S. The largest absolute Gasteiger partial charge is 0.394 e. The van der Waals surface area contributed by atoms with Crippen molar-refractivity contribution in [3.63, 3.8) is 0 Å². The van der Waals surface area contributed by atoms with Gasteiger partial charge in [-0.15, -0.1) is 4.91 Å². The van der Waals surface area contributed by atoms with Gasteiger partial charge >= 0.3 is 5.91 Å². The monoisotopic (exact) mass is 249 g/mol. The molecule has 0 aromatic rings. The molecule has 0 aliphatic carbocycles. The first kappa shape index (κ1) is 15.0. The van der Waals surface area contributed by atoms with Gasteiger partial charge in [-0.05, 0) is 18.4 Å². The van der Waals surface area contributed by atoms with Crippen LogP contribution in [0.5, 0.6) is 0 Å². The van der Waals surface area contributed by atoms with Gasteiger partial charge in [0.05, 0.1) is 6.61 Å². The molecule has 2 atom stereocenters. The lowest BCUT2D eigenvalue weighted by molar-refractivity contribution is -0.128. The zero-order valence-corrected chi connectivity index (χ0v) is 9.70. The van der Waals surface area contributed by atoms with E-state index in [0.29, 0.717) is 12.2 Å². The van der Waals surface area contributed by atoms with E-state index < -0.39 is 30.5 Å². The minimum Gasteiger partial charge on any atom is -0.394 e. The molecule has 0 aromatic heterocycles. The van der Waals surface area contributed by atoms with Crippen LogP contribution in [0.1, 0.15) is 6.42 Å². The first-order valence-electron chi connectivity index (χ1n) is 4.59. The zero-order valence-electron chi connectivity index (χ0n) is 8.88. The highest BCUT2D eigenvalue weighted by molar-refractivity contribution is 7.98. The third-order valence-electron chi connectivity index (χ3n) is 1.85. The number of amides is 2. The van der Waals surface area contributed by atoms with Gasteiger partial charge in [0.2, 0.25) is 5.91 Å². The minimum absolute atomic E-state index is 0.301. The summed E-state index contributed by atoms with van der Waals surface area (Å²) in [6.07, 6.45) is 2.13. The molecule has 92 valence electrons. The molecule has 0 rings (SSSR count). The quantitative estimate of drug-likeness (QED) is 0.489. The Morgan fingerprint density at radius 1 is 1.56 bits per heavy atom. The molecule has 0 radical (unpaired) electrons. The molecular weight excluding hydrogens is 234 g/mol. The van der Waals surface area contributed by atoms with Crippen LogP contribution in [-0.4, -0.2) is 47.6 Å². The van der Waals surface area contributed by atoms with Crippen LogP contribution in [0.2, 0.25) is 0 Å². The average Bonchev–Trinajstić information content (AvgIpc) is 2.31. The minimum atomic E-state index is -1.10. The van der Waals surface area contributed by atoms with Gasteiger partial charge < -0.3 is 16.2 Å². The first-order chi connectivity index (χ1) is 7.56. The number of nitroso groups, excluding NO2 is 1. The number of hydrogen-bond acceptors (Lipinski definition) is 6. The smallest absolute Gasteiger partial charge is 0.308 e. The first-order valence-corrected chi connectivity index (χ1v) is 5.99. The van der Waals surface area contributed by atoms with Gasteiger partial charge in [0.15, 0.2) is 0 Å². The van der Waals surface area contributed by atoms with Crippen LogP contribution in [0.3, 0.4) is 0 Å². The van der Waals surface area contributed by atoms with Crippen molar-refractivity contribution in [2.75, 3.05) is 18.6 Å². The Balaban J connectivity index is 4.35. The molecule has 8 heteroatoms. The number of rotatable bonds is 7. The fraction of sp³-hybridized carbons (Fsp3) is 0.750. The Morgan fingerprint density at radius 2 is 2.19 bits per heavy atom. The lowest BCUT2D eigenvalue weighted by atomic mass is 10.2. The summed E-state index contributed by atoms with van der Waals surface area (Å²) in [5.41, 5.74) is 5.25. The number of thioether (sulfide) groups is 1. The Labute approximate surface area is 97.1 Å². The van der Waals surface area contributed by atoms with Gasteiger partial charge in [-0.1, -0.05) is 0 Å². The summed E-state index contributed by atoms with van der Waals surface area (Å²) >= 11 is 1.47. The Hall–Kier alpha value is -0.990. The van der Waals surface area contributed by atoms with E-state index in [1.165, 1.54) is 11.8 Å². The second-order valence-electron chi connectivity index (χ2n) is 3.06. The lowest BCUT2D eigenvalue weighted by Gasteiger charge is -2.16. The molecule has 7 nitrogen and oxygen atoms in total. The van der Waals surface area contributed by atoms with Crippen molar-refractivity contribution in [2.24, 2.45) is 10.9 Å². The number of nitrogens with two attached hydrogens (primary N) is 1. The zero-order chi connectivity index (χ0) is 12.6. The molecule has 0 heterocycles. The highest BCUT2D eigenvalue weighted by Crippen LogP contribution is 2.02. The molecule has 0 saturated carbocycles. The van der Waals surface area contributed by atoms with Crippen molar-refractivity contribution in [1.29, 1.82) is 0 Å². The Kier molecular flexibility index (Phi) is 7.69. The number of aliphatic hydroxyl groups excluding tert-OH is 1. The number of nitrogens with one attached hydrogen (secondary N) is 1. The molecule has 0 aromatic carbocycles. The number of hydrogen-bond donors (Lipinski definition) is 3. The standard InChI is InChI=1S/C8H15N3O4S/c1-16-3-2-6(8(14)11-15)10-7(13)5(9)4-12/h5-6,12H,2-4,9H2,1H3,(H,10,13). The van der Waals surface area contributed by atoms with Crippen molar-refractivity contribution >= 4 is 23.6 Å². The van der Waals surface area contributed by atoms with Crippen LogP contribution in [0.15, 0.2) is 5.18 Å². The van der Waals surface area contributed by atoms with Crippen molar-refractivity contribution in [3.8, 4) is 0 Å². The van der Waals surface area contributed by atoms with Crippen molar-refractivity contribution in [2.45, 2.75) is 18.5 Å². The lowest BCUT2D eigenvalue weighted by Crippen LogP contribution is -2.49. The van der Waals surface area contributed by atoms with Crippen LogP contribution in [0, 0.1) is 4.91 Å². The molecule has 4 N–H and O–H groups in total. The average molecular weight is 249 g/mol. The summed E-state index contributed by atoms with van der Waals surface area (Å²) in [5, 5.41) is 13.2. The van der Waals surface area contributed by atoms with Gasteiger partial charge in [0.1, 0.15) is 12.1 Å². The molecule has 2 unspecified atom stereocenters. The summed E-state index contributed by atoms with van der Waals surface area (Å²) in [4.78, 5) is 32.4. The van der Waals surface area contributed by atoms with Crippen molar-refractivity contribution in [1.82, 2.24) is 5.32 Å². The van der Waals surface area contributed by atoms with E-state index in [4.69, 9.17) is 10.8 Å². The highest BCUT2D eigenvalue weighted by Gasteiger charge is 2.23. The van der Waals surface area contributed by atoms with Crippen LogP contribution in [0.25, 0.3) is 0 Å². The third-order valence-corrected chi connectivity index (χ3v) is 2.49. The summed E-state index contributed by atoms with van der Waals surface area (Å²) in [5.74, 6) is -1.02. The fourth-order valence-corrected chi connectivity index (χ4v) is 1.39. The summed E-state index contributed by atoms with van der Waals surface area (Å²) in [6.45, 7) is -0.524. The number of nitrogens with zero attached hydrogens (tertiary/aromatic N) is 1. The van der Waals surface area contributed by atoms with E-state index >= 15 is 0 Å². The van der Waals surface area contributed by atoms with Gasteiger partial charge in [-0.3, -0.25) is 9.59 Å². The van der Waals surface area contributed by atoms with E-state index in [0.717, 1.165) is 0 Å². The van der Waals surface area contributed by atoms with Gasteiger partial charge in [0, 0.05) is 5.18 Å². The second-order valence-corrected chi connectivity index (χ2v) is 4.05. The van der Waals surface area contributed by atoms with Crippen molar-refractivity contribution < 1.29 is 14.7 Å². The Morgan fingerprint density at radius 3 is 2.62 bits per heavy atom. The molecule has 0 spiro atoms. The molecule has 16 heavy (non-hydrogen) atoms. The van der Waals surface area contributed by atoms with Crippen LogP contribution in [0.4, 0.5) is 0 Å². The summed E-state index contributed by atoms with van der Waals surface area (Å²) in [7, 11) is 0. The SMILES string of the molecule is CSCCC(NC(=O)C(N)CO)C(=O)N=O. The van der Waals surface area contributed by atoms with E-state index in [-0.39, 0.29) is 0 Å². The maximum atomic E-state index is 11.3. The van der Waals surface area contributed by atoms with E-state index in [1.807, 2.05) is 6.26 Å². The second kappa shape index (κ2) is 8.20. The molecule has 0 saturated heterocycles. The normalized spacial score (nSPS) is 13.9. The van der Waals surface area contributed by atoms with Crippen molar-refractivity contribution in [3.05, 3.63) is 4.91 Å². The molecule has 0 fully saturated rings. The Bertz CT molecular complexity index is 262. The number of aliphatic hydroxyl groups is 1. The van der Waals surface area contributed by atoms with E-state index in [9.17, 15) is 14.5 Å². The van der Waals surface area contributed by atoms with Crippen LogP contribution >= 0.6 is 11.8 Å². The summed E-state index contributed by atoms with van der Waals surface area (Å²) < 4.78 is 0. The van der Waals surface area contributed by atoms with E-state index in [1.54, 1.807) is 0 Å². The maximum Gasteiger partial charge on any atom is 0.308 e. The molecule has 0 aliphatic heterocycles. The predicted molar refractivity (Wildman–Crippen MR) is 60.8 cm³/mol. The summed E-state index contributed by atoms with van der Waals surface area (Å²) in [6, 6.07) is -2.06. The topological polar surface area (TPSA) is 122 Å². The maximum absolute atomic E-state index is 11.3. The fourth-order valence-electron chi connectivity index (χ4n) is 0.918. The molecule has 2 amide bonds. The van der Waals surface area contributed by atoms with Gasteiger partial charge in [-0.2, -0.15) is 11.8 Å². The number of carbonyl (C=O) groups excluding carboxylic acids is 2. The molecule has 0 aliphatic rings. The molecule has 0 bridgehead atoms. The van der Waals surface area contributed by atoms with Crippen LogP contribution in [-0.2, 0) is 9.59 Å². The predicted octanol–water partition coefficient (Wildman–Crippen LogP) is -1.16. The third kappa shape index (κ3) is 5.19.